The first kappa shape index (κ1) is 18.4. The number of anilines is 1. The van der Waals surface area contributed by atoms with Gasteiger partial charge >= 0.3 is 5.97 Å². The highest BCUT2D eigenvalue weighted by Crippen LogP contribution is 2.37. The molecule has 1 saturated heterocycles. The monoisotopic (exact) mass is 409 g/mol. The number of hydrogen-bond donors (Lipinski definition) is 0. The van der Waals surface area contributed by atoms with Crippen molar-refractivity contribution in [2.75, 3.05) is 11.5 Å². The number of benzene rings is 2. The van der Waals surface area contributed by atoms with Gasteiger partial charge in [0.25, 0.3) is 5.91 Å². The van der Waals surface area contributed by atoms with Gasteiger partial charge in [0.05, 0.1) is 27.4 Å². The van der Waals surface area contributed by atoms with Crippen LogP contribution in [-0.4, -0.2) is 28.6 Å². The summed E-state index contributed by atoms with van der Waals surface area (Å²) in [6, 6.07) is 17.0. The molecule has 1 aromatic heterocycles. The van der Waals surface area contributed by atoms with Crippen molar-refractivity contribution in [1.29, 1.82) is 0 Å². The van der Waals surface area contributed by atoms with Crippen LogP contribution in [0, 0.1) is 0 Å². The number of thioether (sulfide) groups is 1. The number of hydrogen-bond acceptors (Lipinski definition) is 7. The Hall–Kier alpha value is -2.97. The fraction of sp³-hybridized carbons (Fsp3) is 0.100. The number of rotatable bonds is 4. The number of ether oxygens (including phenoxy) is 1. The number of thiazole rings is 1. The molecule has 0 unspecified atom stereocenters. The number of amidine groups is 1. The number of aliphatic imine (C=N–C) groups is 1. The summed E-state index contributed by atoms with van der Waals surface area (Å²) in [7, 11) is 0. The second-order valence-corrected chi connectivity index (χ2v) is 7.72. The minimum absolute atomic E-state index is 0.247. The lowest BCUT2D eigenvalue weighted by atomic mass is 10.3. The van der Waals surface area contributed by atoms with Crippen LogP contribution in [0.25, 0.3) is 10.2 Å². The third-order valence-corrected chi connectivity index (χ3v) is 5.73. The van der Waals surface area contributed by atoms with Crippen molar-refractivity contribution >= 4 is 61.2 Å². The minimum Gasteiger partial charge on any atom is -0.463 e. The van der Waals surface area contributed by atoms with Crippen LogP contribution in [0.5, 0.6) is 0 Å². The second-order valence-electron chi connectivity index (χ2n) is 5.70. The van der Waals surface area contributed by atoms with Crippen LogP contribution in [0.15, 0.2) is 70.6 Å². The lowest BCUT2D eigenvalue weighted by molar-refractivity contribution is -0.137. The maximum atomic E-state index is 12.9. The van der Waals surface area contributed by atoms with Crippen molar-refractivity contribution in [2.45, 2.75) is 6.92 Å². The number of aromatic nitrogens is 1. The number of nitrogens with zero attached hydrogens (tertiary/aromatic N) is 3. The van der Waals surface area contributed by atoms with E-state index in [0.717, 1.165) is 22.0 Å². The van der Waals surface area contributed by atoms with E-state index in [-0.39, 0.29) is 17.4 Å². The highest BCUT2D eigenvalue weighted by Gasteiger charge is 2.35. The van der Waals surface area contributed by atoms with Crippen molar-refractivity contribution in [3.63, 3.8) is 0 Å². The number of esters is 1. The van der Waals surface area contributed by atoms with Gasteiger partial charge < -0.3 is 4.74 Å². The van der Waals surface area contributed by atoms with Crippen LogP contribution >= 0.6 is 23.1 Å². The first-order chi connectivity index (χ1) is 13.7. The van der Waals surface area contributed by atoms with E-state index in [4.69, 9.17) is 4.74 Å². The highest BCUT2D eigenvalue weighted by atomic mass is 32.2. The van der Waals surface area contributed by atoms with Gasteiger partial charge in [-0.1, -0.05) is 41.7 Å². The molecule has 4 rings (SSSR count). The Morgan fingerprint density at radius 3 is 2.68 bits per heavy atom. The van der Waals surface area contributed by atoms with Gasteiger partial charge in [-0.2, -0.15) is 4.99 Å². The average Bonchev–Trinajstić information content (AvgIpc) is 3.23. The third kappa shape index (κ3) is 3.69. The highest BCUT2D eigenvalue weighted by molar-refractivity contribution is 8.19. The zero-order valence-corrected chi connectivity index (χ0v) is 16.5. The molecule has 28 heavy (non-hydrogen) atoms. The summed E-state index contributed by atoms with van der Waals surface area (Å²) in [5.41, 5.74) is 1.53. The second kappa shape index (κ2) is 7.95. The van der Waals surface area contributed by atoms with Crippen molar-refractivity contribution < 1.29 is 14.3 Å². The molecule has 8 heteroatoms. The first-order valence-corrected chi connectivity index (χ1v) is 10.2. The fourth-order valence-corrected chi connectivity index (χ4v) is 4.47. The number of para-hydroxylation sites is 2. The molecule has 140 valence electrons. The molecule has 0 spiro atoms. The summed E-state index contributed by atoms with van der Waals surface area (Å²) in [6.45, 7) is 1.97. The summed E-state index contributed by atoms with van der Waals surface area (Å²) >= 11 is 2.58. The van der Waals surface area contributed by atoms with Gasteiger partial charge in [-0.05, 0) is 43.0 Å². The molecule has 3 aromatic rings. The van der Waals surface area contributed by atoms with Crippen LogP contribution in [0.3, 0.4) is 0 Å². The van der Waals surface area contributed by atoms with Gasteiger partial charge in [-0.25, -0.2) is 9.78 Å². The van der Waals surface area contributed by atoms with Crippen LogP contribution in [0.4, 0.5) is 10.8 Å². The van der Waals surface area contributed by atoms with Crippen LogP contribution in [0.2, 0.25) is 0 Å². The van der Waals surface area contributed by atoms with Gasteiger partial charge in [0.15, 0.2) is 5.17 Å². The summed E-state index contributed by atoms with van der Waals surface area (Å²) in [5.74, 6) is -0.864. The molecule has 0 bridgehead atoms. The fourth-order valence-electron chi connectivity index (χ4n) is 2.63. The van der Waals surface area contributed by atoms with E-state index < -0.39 is 5.97 Å². The van der Waals surface area contributed by atoms with Crippen molar-refractivity contribution in [3.05, 3.63) is 65.6 Å². The lowest BCUT2D eigenvalue weighted by Crippen LogP contribution is -2.28. The van der Waals surface area contributed by atoms with E-state index in [1.807, 2.05) is 54.6 Å². The van der Waals surface area contributed by atoms with Crippen molar-refractivity contribution in [3.8, 4) is 0 Å². The van der Waals surface area contributed by atoms with Crippen LogP contribution in [0.1, 0.15) is 6.92 Å². The Labute approximate surface area is 169 Å². The molecular formula is C20H15N3O3S2. The standard InChI is InChI=1S/C20H15N3O3S2/c1-2-26-17(24)12-16-18(25)23(13-8-4-3-5-9-13)20(28-16)22-19-21-14-10-6-7-11-15(14)27-19/h3-12H,2H2,1H3/b16-12-,22-20-. The smallest absolute Gasteiger partial charge is 0.332 e. The molecular weight excluding hydrogens is 394 g/mol. The molecule has 2 heterocycles. The molecule has 1 fully saturated rings. The number of fused-ring (bicyclic) bond motifs is 1. The maximum Gasteiger partial charge on any atom is 0.332 e. The predicted octanol–water partition coefficient (Wildman–Crippen LogP) is 4.51. The zero-order valence-electron chi connectivity index (χ0n) is 14.9. The van der Waals surface area contributed by atoms with Crippen molar-refractivity contribution in [1.82, 2.24) is 4.98 Å². The maximum absolute atomic E-state index is 12.9. The minimum atomic E-state index is -0.549. The Balaban J connectivity index is 1.76. The third-order valence-electron chi connectivity index (χ3n) is 3.83. The summed E-state index contributed by atoms with van der Waals surface area (Å²) in [4.78, 5) is 35.7. The topological polar surface area (TPSA) is 71.9 Å². The molecule has 0 radical (unpaired) electrons. The van der Waals surface area contributed by atoms with Gasteiger partial charge in [-0.15, -0.1) is 0 Å². The quantitative estimate of drug-likeness (QED) is 0.468. The van der Waals surface area contributed by atoms with Crippen LogP contribution < -0.4 is 4.90 Å². The van der Waals surface area contributed by atoms with Crippen molar-refractivity contribution in [2.24, 2.45) is 4.99 Å². The molecule has 1 aliphatic rings. The summed E-state index contributed by atoms with van der Waals surface area (Å²) < 4.78 is 5.96. The molecule has 2 aromatic carbocycles. The Kier molecular flexibility index (Phi) is 5.23. The SMILES string of the molecule is CCOC(=O)/C=C1\S/C(=N\c2nc3ccccc3s2)N(c2ccccc2)C1=O. The van der Waals surface area contributed by atoms with Gasteiger partial charge in [0.2, 0.25) is 5.13 Å². The molecule has 0 N–H and O–H groups in total. The predicted molar refractivity (Wildman–Crippen MR) is 113 cm³/mol. The normalized spacial score (nSPS) is 17.0. The van der Waals surface area contributed by atoms with Gasteiger partial charge in [-0.3, -0.25) is 9.69 Å². The number of amides is 1. The van der Waals surface area contributed by atoms with E-state index in [9.17, 15) is 9.59 Å². The Morgan fingerprint density at radius 2 is 1.93 bits per heavy atom. The first-order valence-electron chi connectivity index (χ1n) is 8.56. The Morgan fingerprint density at radius 1 is 1.18 bits per heavy atom. The Bertz CT molecular complexity index is 1070. The average molecular weight is 409 g/mol. The van der Waals surface area contributed by atoms with Gasteiger partial charge in [0.1, 0.15) is 0 Å². The van der Waals surface area contributed by atoms with E-state index in [1.54, 1.807) is 6.92 Å². The van der Waals surface area contributed by atoms with E-state index >= 15 is 0 Å². The molecule has 1 amide bonds. The largest absolute Gasteiger partial charge is 0.463 e. The summed E-state index contributed by atoms with van der Waals surface area (Å²) in [6.07, 6.45) is 1.22. The number of carbonyl (C=O) groups is 2. The molecule has 0 aliphatic carbocycles. The summed E-state index contributed by atoms with van der Waals surface area (Å²) in [5, 5.41) is 1.00. The van der Waals surface area contributed by atoms with Gasteiger partial charge in [0, 0.05) is 6.08 Å². The molecule has 6 nitrogen and oxygen atoms in total. The van der Waals surface area contributed by atoms with E-state index in [1.165, 1.54) is 22.3 Å². The number of carbonyl (C=O) groups excluding carboxylic acids is 2. The van der Waals surface area contributed by atoms with E-state index in [0.29, 0.717) is 16.0 Å². The molecule has 0 saturated carbocycles. The molecule has 0 atom stereocenters. The van der Waals surface area contributed by atoms with E-state index in [2.05, 4.69) is 9.98 Å². The lowest BCUT2D eigenvalue weighted by Gasteiger charge is -2.14. The molecule has 1 aliphatic heterocycles. The zero-order chi connectivity index (χ0) is 19.5. The van der Waals surface area contributed by atoms with Crippen LogP contribution in [-0.2, 0) is 14.3 Å².